The van der Waals surface area contributed by atoms with E-state index in [-0.39, 0.29) is 37.4 Å². The molecule has 0 amide bonds. The van der Waals surface area contributed by atoms with Crippen molar-refractivity contribution >= 4 is 23.9 Å². The molecule has 0 aromatic rings. The number of ether oxygens (including phenoxy) is 4. The highest BCUT2D eigenvalue weighted by atomic mass is 16.6. The van der Waals surface area contributed by atoms with Gasteiger partial charge in [-0.3, -0.25) is 9.59 Å². The van der Waals surface area contributed by atoms with E-state index in [1.807, 2.05) is 0 Å². The Bertz CT molecular complexity index is 1010. The van der Waals surface area contributed by atoms with E-state index in [1.165, 1.54) is 27.0 Å². The van der Waals surface area contributed by atoms with Gasteiger partial charge in [0.15, 0.2) is 0 Å². The molecule has 1 heterocycles. The summed E-state index contributed by atoms with van der Waals surface area (Å²) in [7, 11) is 1.30. The normalized spacial score (nSPS) is 32.6. The predicted octanol–water partition coefficient (Wildman–Crippen LogP) is 1.68. The second-order valence-corrected chi connectivity index (χ2v) is 9.80. The van der Waals surface area contributed by atoms with E-state index in [9.17, 15) is 24.3 Å². The van der Waals surface area contributed by atoms with Crippen molar-refractivity contribution in [3.8, 4) is 0 Å². The fourth-order valence-electron chi connectivity index (χ4n) is 5.79. The molecule has 198 valence electrons. The zero-order valence-corrected chi connectivity index (χ0v) is 21.1. The average molecular weight is 507 g/mol. The lowest BCUT2D eigenvalue weighted by molar-refractivity contribution is -0.235. The molecule has 10 heteroatoms. The van der Waals surface area contributed by atoms with Gasteiger partial charge in [0.2, 0.25) is 0 Å². The molecule has 2 aliphatic carbocycles. The number of aliphatic hydroxyl groups excluding tert-OH is 2. The third-order valence-corrected chi connectivity index (χ3v) is 7.58. The summed E-state index contributed by atoms with van der Waals surface area (Å²) < 4.78 is 21.8. The van der Waals surface area contributed by atoms with Gasteiger partial charge in [-0.1, -0.05) is 18.2 Å². The summed E-state index contributed by atoms with van der Waals surface area (Å²) in [5.74, 6) is -2.54. The minimum Gasteiger partial charge on any atom is -0.466 e. The van der Waals surface area contributed by atoms with Crippen molar-refractivity contribution in [2.75, 3.05) is 20.3 Å². The molecule has 10 nitrogen and oxygen atoms in total. The number of carbonyl (C=O) groups is 4. The van der Waals surface area contributed by atoms with Crippen LogP contribution in [-0.2, 0) is 38.1 Å². The monoisotopic (exact) mass is 506 g/mol. The van der Waals surface area contributed by atoms with E-state index < -0.39 is 53.2 Å². The Hall–Kier alpha value is -2.98. The molecule has 1 saturated heterocycles. The van der Waals surface area contributed by atoms with Crippen molar-refractivity contribution in [1.82, 2.24) is 0 Å². The van der Waals surface area contributed by atoms with Crippen LogP contribution in [0.25, 0.3) is 0 Å². The number of hydrogen-bond donors (Lipinski definition) is 2. The number of carbonyl (C=O) groups excluding carboxylic acids is 4. The zero-order valence-electron chi connectivity index (χ0n) is 21.1. The van der Waals surface area contributed by atoms with Gasteiger partial charge in [0.05, 0.1) is 13.7 Å². The Morgan fingerprint density at radius 3 is 2.64 bits per heavy atom. The number of aliphatic hydroxyl groups is 2. The van der Waals surface area contributed by atoms with E-state index in [0.29, 0.717) is 18.4 Å². The van der Waals surface area contributed by atoms with Crippen molar-refractivity contribution in [3.05, 3.63) is 35.5 Å². The first-order valence-electron chi connectivity index (χ1n) is 12.0. The number of rotatable bonds is 8. The maximum absolute atomic E-state index is 13.6. The summed E-state index contributed by atoms with van der Waals surface area (Å²) in [6.45, 7) is 3.71. The molecular formula is C26H34O10. The summed E-state index contributed by atoms with van der Waals surface area (Å²) in [6.07, 6.45) is 7.02. The summed E-state index contributed by atoms with van der Waals surface area (Å²) >= 11 is 0. The first-order valence-corrected chi connectivity index (χ1v) is 12.0. The molecule has 3 rings (SSSR count). The van der Waals surface area contributed by atoms with Crippen LogP contribution < -0.4 is 0 Å². The fraction of sp³-hybridized carbons (Fsp3) is 0.615. The number of allylic oxidation sites excluding steroid dienone is 3. The highest BCUT2D eigenvalue weighted by molar-refractivity contribution is 5.90. The Morgan fingerprint density at radius 2 is 2.00 bits per heavy atom. The van der Waals surface area contributed by atoms with Gasteiger partial charge in [0.25, 0.3) is 0 Å². The van der Waals surface area contributed by atoms with Crippen LogP contribution in [0.1, 0.15) is 52.9 Å². The lowest BCUT2D eigenvalue weighted by Gasteiger charge is -2.54. The van der Waals surface area contributed by atoms with Gasteiger partial charge in [-0.25, -0.2) is 9.59 Å². The topological polar surface area (TPSA) is 146 Å². The van der Waals surface area contributed by atoms with Crippen LogP contribution in [-0.4, -0.2) is 71.7 Å². The summed E-state index contributed by atoms with van der Waals surface area (Å²) in [6, 6.07) is 0. The molecule has 0 aromatic carbocycles. The molecule has 1 saturated carbocycles. The maximum Gasteiger partial charge on any atom is 0.333 e. The molecule has 2 bridgehead atoms. The first-order chi connectivity index (χ1) is 16.9. The molecule has 0 unspecified atom stereocenters. The molecule has 1 aliphatic heterocycles. The van der Waals surface area contributed by atoms with E-state index in [1.54, 1.807) is 25.2 Å². The summed E-state index contributed by atoms with van der Waals surface area (Å²) in [5, 5.41) is 18.2. The summed E-state index contributed by atoms with van der Waals surface area (Å²) in [4.78, 5) is 50.2. The second-order valence-electron chi connectivity index (χ2n) is 9.80. The average Bonchev–Trinajstić information content (AvgIpc) is 2.98. The molecule has 0 spiro atoms. The van der Waals surface area contributed by atoms with Crippen molar-refractivity contribution in [1.29, 1.82) is 0 Å². The molecule has 3 aliphatic rings. The largest absolute Gasteiger partial charge is 0.466 e. The third kappa shape index (κ3) is 4.84. The molecule has 0 aromatic heterocycles. The number of esters is 4. The van der Waals surface area contributed by atoms with Crippen LogP contribution in [0.15, 0.2) is 35.5 Å². The number of methoxy groups -OCH3 is 1. The van der Waals surface area contributed by atoms with Gasteiger partial charge >= 0.3 is 23.9 Å². The Morgan fingerprint density at radius 1 is 1.28 bits per heavy atom. The van der Waals surface area contributed by atoms with E-state index in [4.69, 9.17) is 24.1 Å². The lowest BCUT2D eigenvalue weighted by atomic mass is 9.62. The highest BCUT2D eigenvalue weighted by Crippen LogP contribution is 2.65. The van der Waals surface area contributed by atoms with Gasteiger partial charge < -0.3 is 29.2 Å². The number of hydrogen-bond acceptors (Lipinski definition) is 10. The van der Waals surface area contributed by atoms with E-state index in [0.717, 1.165) is 0 Å². The molecular weight excluding hydrogens is 472 g/mol. The van der Waals surface area contributed by atoms with E-state index >= 15 is 0 Å². The van der Waals surface area contributed by atoms with Crippen molar-refractivity contribution < 1.29 is 48.3 Å². The maximum atomic E-state index is 13.6. The van der Waals surface area contributed by atoms with Crippen LogP contribution in [0.4, 0.5) is 0 Å². The Labute approximate surface area is 209 Å². The minimum atomic E-state index is -1.17. The molecule has 5 atom stereocenters. The van der Waals surface area contributed by atoms with Gasteiger partial charge in [0.1, 0.15) is 29.3 Å². The Balaban J connectivity index is 1.91. The van der Waals surface area contributed by atoms with Crippen LogP contribution in [0, 0.1) is 11.3 Å². The van der Waals surface area contributed by atoms with Crippen molar-refractivity contribution in [3.63, 3.8) is 0 Å². The van der Waals surface area contributed by atoms with Gasteiger partial charge in [-0.05, 0) is 52.0 Å². The third-order valence-electron chi connectivity index (χ3n) is 7.58. The standard InChI is InChI=1S/C26H34O10/c1-16(21(30)34-15-19(29)14-27)6-5-10-24(3)20-9-12-25(23(32)36-24)11-7-18(22(31)33-4)8-13-26(20,25)35-17(2)28/h5-7,10,19-20,27,29H,8-9,11-15H2,1-4H3/b10-5+,16-6+/t19-,20+,24-,25-,26+/m1/s1. The van der Waals surface area contributed by atoms with Gasteiger partial charge in [-0.15, -0.1) is 0 Å². The van der Waals surface area contributed by atoms with Crippen molar-refractivity contribution in [2.45, 2.75) is 70.2 Å². The second kappa shape index (κ2) is 10.6. The predicted molar refractivity (Wildman–Crippen MR) is 125 cm³/mol. The van der Waals surface area contributed by atoms with Crippen molar-refractivity contribution in [2.24, 2.45) is 11.3 Å². The number of cyclic esters (lactones) is 1. The summed E-state index contributed by atoms with van der Waals surface area (Å²) in [5.41, 5.74) is -2.74. The van der Waals surface area contributed by atoms with Crippen LogP contribution in [0.5, 0.6) is 0 Å². The molecule has 2 N–H and O–H groups in total. The first kappa shape index (κ1) is 27.6. The van der Waals surface area contributed by atoms with Crippen LogP contribution >= 0.6 is 0 Å². The molecule has 36 heavy (non-hydrogen) atoms. The van der Waals surface area contributed by atoms with Gasteiger partial charge in [0, 0.05) is 24.0 Å². The molecule has 2 fully saturated rings. The van der Waals surface area contributed by atoms with E-state index in [2.05, 4.69) is 0 Å². The SMILES string of the molecule is COC(=O)C1=CC[C@@]23CC[C@@H]([C@@](C)(/C=C/C=C(\C)C(=O)OC[C@H](O)CO)OC2=O)[C@@]3(OC(C)=O)CC1. The quantitative estimate of drug-likeness (QED) is 0.216. The smallest absolute Gasteiger partial charge is 0.333 e. The highest BCUT2D eigenvalue weighted by Gasteiger charge is 2.74. The van der Waals surface area contributed by atoms with Crippen LogP contribution in [0.2, 0.25) is 0 Å². The zero-order chi connectivity index (χ0) is 26.7. The van der Waals surface area contributed by atoms with Crippen LogP contribution in [0.3, 0.4) is 0 Å². The lowest BCUT2D eigenvalue weighted by Crippen LogP contribution is -2.65. The molecule has 0 radical (unpaired) electrons. The van der Waals surface area contributed by atoms with Gasteiger partial charge in [-0.2, -0.15) is 0 Å². The minimum absolute atomic E-state index is 0.199. The Kier molecular flexibility index (Phi) is 8.10. The fourth-order valence-corrected chi connectivity index (χ4v) is 5.79.